The number of aliphatic imine (C=N–C) groups is 1. The van der Waals surface area contributed by atoms with Crippen LogP contribution in [-0.2, 0) is 22.6 Å². The normalized spacial score (nSPS) is 15.1. The van der Waals surface area contributed by atoms with Gasteiger partial charge in [0.25, 0.3) is 0 Å². The van der Waals surface area contributed by atoms with Crippen LogP contribution in [0.1, 0.15) is 37.3 Å². The molecule has 3 rings (SSSR count). The van der Waals surface area contributed by atoms with E-state index in [2.05, 4.69) is 41.4 Å². The maximum absolute atomic E-state index is 5.99. The minimum Gasteiger partial charge on any atom is -0.489 e. The molecule has 2 aromatic carbocycles. The number of rotatable bonds is 11. The summed E-state index contributed by atoms with van der Waals surface area (Å²) in [7, 11) is 1.73. The van der Waals surface area contributed by atoms with E-state index in [0.29, 0.717) is 19.3 Å². The zero-order chi connectivity index (χ0) is 22.4. The van der Waals surface area contributed by atoms with Gasteiger partial charge in [0, 0.05) is 40.0 Å². The van der Waals surface area contributed by atoms with Crippen molar-refractivity contribution in [2.24, 2.45) is 4.99 Å². The van der Waals surface area contributed by atoms with Gasteiger partial charge < -0.3 is 24.4 Å². The number of nitrogens with one attached hydrogen (secondary N) is 1. The Labute approximate surface area is 192 Å². The van der Waals surface area contributed by atoms with Crippen LogP contribution in [0.4, 0.5) is 0 Å². The maximum Gasteiger partial charge on any atom is 0.194 e. The van der Waals surface area contributed by atoms with Gasteiger partial charge in [0.05, 0.1) is 12.6 Å². The first-order chi connectivity index (χ1) is 15.8. The second-order valence-corrected chi connectivity index (χ2v) is 8.00. The Hall–Kier alpha value is -2.57. The molecule has 0 bridgehead atoms. The molecule has 1 heterocycles. The zero-order valence-corrected chi connectivity index (χ0v) is 19.5. The molecule has 1 aliphatic rings. The van der Waals surface area contributed by atoms with Crippen LogP contribution in [-0.4, -0.2) is 56.9 Å². The highest BCUT2D eigenvalue weighted by atomic mass is 16.5. The van der Waals surface area contributed by atoms with Crippen molar-refractivity contribution in [3.05, 3.63) is 65.7 Å². The predicted octanol–water partition coefficient (Wildman–Crippen LogP) is 4.25. The standard InChI is InChI=1S/C26H37N3O3/c1-3-27-26(29-15-13-24(14-16-29)31-18-8-17-30-2)28-20-23-11-7-12-25(19-23)32-21-22-9-5-4-6-10-22/h4-7,9-12,19,24H,3,8,13-18,20-21H2,1-2H3,(H,27,28). The molecule has 0 saturated carbocycles. The summed E-state index contributed by atoms with van der Waals surface area (Å²) in [4.78, 5) is 7.24. The fraction of sp³-hybridized carbons (Fsp3) is 0.500. The van der Waals surface area contributed by atoms with Gasteiger partial charge in [-0.3, -0.25) is 0 Å². The number of piperidine rings is 1. The molecule has 1 aliphatic heterocycles. The zero-order valence-electron chi connectivity index (χ0n) is 19.5. The first kappa shape index (κ1) is 24.1. The number of hydrogen-bond acceptors (Lipinski definition) is 4. The lowest BCUT2D eigenvalue weighted by Gasteiger charge is -2.34. The summed E-state index contributed by atoms with van der Waals surface area (Å²) < 4.78 is 17.0. The minimum atomic E-state index is 0.337. The van der Waals surface area contributed by atoms with Gasteiger partial charge in [0.15, 0.2) is 5.96 Å². The first-order valence-electron chi connectivity index (χ1n) is 11.7. The number of ether oxygens (including phenoxy) is 3. The Morgan fingerprint density at radius 3 is 2.56 bits per heavy atom. The fourth-order valence-electron chi connectivity index (χ4n) is 3.75. The van der Waals surface area contributed by atoms with Crippen LogP contribution < -0.4 is 10.1 Å². The van der Waals surface area contributed by atoms with Crippen molar-refractivity contribution in [2.45, 2.75) is 45.4 Å². The topological polar surface area (TPSA) is 55.3 Å². The van der Waals surface area contributed by atoms with Gasteiger partial charge in [-0.2, -0.15) is 0 Å². The highest BCUT2D eigenvalue weighted by Crippen LogP contribution is 2.17. The van der Waals surface area contributed by atoms with E-state index in [0.717, 1.165) is 74.9 Å². The lowest BCUT2D eigenvalue weighted by molar-refractivity contribution is 0.00990. The van der Waals surface area contributed by atoms with E-state index in [9.17, 15) is 0 Å². The van der Waals surface area contributed by atoms with Crippen LogP contribution in [0.15, 0.2) is 59.6 Å². The summed E-state index contributed by atoms with van der Waals surface area (Å²) in [6.45, 7) is 7.61. The molecule has 0 atom stereocenters. The third kappa shape index (κ3) is 8.17. The summed E-state index contributed by atoms with van der Waals surface area (Å²) in [6.07, 6.45) is 3.35. The number of nitrogens with zero attached hydrogens (tertiary/aromatic N) is 2. The van der Waals surface area contributed by atoms with Crippen molar-refractivity contribution < 1.29 is 14.2 Å². The summed E-state index contributed by atoms with van der Waals surface area (Å²) in [6, 6.07) is 18.4. The summed E-state index contributed by atoms with van der Waals surface area (Å²) in [5.41, 5.74) is 2.30. The highest BCUT2D eigenvalue weighted by molar-refractivity contribution is 5.80. The SMILES string of the molecule is CCNC(=NCc1cccc(OCc2ccccc2)c1)N1CCC(OCCCOC)CC1. The van der Waals surface area contributed by atoms with Crippen molar-refractivity contribution in [2.75, 3.05) is 40.0 Å². The van der Waals surface area contributed by atoms with E-state index >= 15 is 0 Å². The molecule has 2 aromatic rings. The van der Waals surface area contributed by atoms with Gasteiger partial charge in [-0.25, -0.2) is 4.99 Å². The molecule has 0 spiro atoms. The summed E-state index contributed by atoms with van der Waals surface area (Å²) in [5, 5.41) is 3.45. The van der Waals surface area contributed by atoms with Crippen molar-refractivity contribution in [1.82, 2.24) is 10.2 Å². The van der Waals surface area contributed by atoms with E-state index in [1.807, 2.05) is 30.3 Å². The Balaban J connectivity index is 1.50. The van der Waals surface area contributed by atoms with Crippen LogP contribution >= 0.6 is 0 Å². The third-order valence-corrected chi connectivity index (χ3v) is 5.48. The van der Waals surface area contributed by atoms with Crippen molar-refractivity contribution in [3.8, 4) is 5.75 Å². The molecular formula is C26H37N3O3. The predicted molar refractivity (Wildman–Crippen MR) is 129 cm³/mol. The average Bonchev–Trinajstić information content (AvgIpc) is 2.84. The summed E-state index contributed by atoms with van der Waals surface area (Å²) in [5.74, 6) is 1.85. The van der Waals surface area contributed by atoms with Gasteiger partial charge in [0.1, 0.15) is 12.4 Å². The fourth-order valence-corrected chi connectivity index (χ4v) is 3.75. The molecule has 0 amide bonds. The van der Waals surface area contributed by atoms with Gasteiger partial charge in [-0.1, -0.05) is 42.5 Å². The van der Waals surface area contributed by atoms with Gasteiger partial charge in [-0.05, 0) is 49.4 Å². The number of likely N-dealkylation sites (tertiary alicyclic amines) is 1. The lowest BCUT2D eigenvalue weighted by atomic mass is 10.1. The molecule has 0 aliphatic carbocycles. The highest BCUT2D eigenvalue weighted by Gasteiger charge is 2.21. The van der Waals surface area contributed by atoms with Crippen LogP contribution in [0.3, 0.4) is 0 Å². The second-order valence-electron chi connectivity index (χ2n) is 8.00. The molecule has 6 heteroatoms. The van der Waals surface area contributed by atoms with Crippen LogP contribution in [0.5, 0.6) is 5.75 Å². The maximum atomic E-state index is 5.99. The molecule has 1 saturated heterocycles. The van der Waals surface area contributed by atoms with E-state index in [4.69, 9.17) is 19.2 Å². The van der Waals surface area contributed by atoms with Gasteiger partial charge in [-0.15, -0.1) is 0 Å². The third-order valence-electron chi connectivity index (χ3n) is 5.48. The number of guanidine groups is 1. The van der Waals surface area contributed by atoms with Crippen molar-refractivity contribution >= 4 is 5.96 Å². The molecule has 1 N–H and O–H groups in total. The Morgan fingerprint density at radius 2 is 1.81 bits per heavy atom. The van der Waals surface area contributed by atoms with Crippen LogP contribution in [0, 0.1) is 0 Å². The van der Waals surface area contributed by atoms with E-state index in [1.165, 1.54) is 0 Å². The molecule has 1 fully saturated rings. The van der Waals surface area contributed by atoms with E-state index in [-0.39, 0.29) is 0 Å². The van der Waals surface area contributed by atoms with Crippen molar-refractivity contribution in [3.63, 3.8) is 0 Å². The Bertz CT molecular complexity index is 805. The molecule has 174 valence electrons. The second kappa shape index (κ2) is 13.8. The van der Waals surface area contributed by atoms with Crippen molar-refractivity contribution in [1.29, 1.82) is 0 Å². The Morgan fingerprint density at radius 1 is 1.03 bits per heavy atom. The lowest BCUT2D eigenvalue weighted by Crippen LogP contribution is -2.47. The quantitative estimate of drug-likeness (QED) is 0.322. The monoisotopic (exact) mass is 439 g/mol. The summed E-state index contributed by atoms with van der Waals surface area (Å²) >= 11 is 0. The molecule has 0 radical (unpaired) electrons. The largest absolute Gasteiger partial charge is 0.489 e. The first-order valence-corrected chi connectivity index (χ1v) is 11.7. The number of methoxy groups -OCH3 is 1. The van der Waals surface area contributed by atoms with Gasteiger partial charge >= 0.3 is 0 Å². The van der Waals surface area contributed by atoms with Crippen LogP contribution in [0.2, 0.25) is 0 Å². The molecule has 6 nitrogen and oxygen atoms in total. The van der Waals surface area contributed by atoms with E-state index < -0.39 is 0 Å². The van der Waals surface area contributed by atoms with E-state index in [1.54, 1.807) is 7.11 Å². The number of hydrogen-bond donors (Lipinski definition) is 1. The molecule has 0 aromatic heterocycles. The molecule has 32 heavy (non-hydrogen) atoms. The average molecular weight is 440 g/mol. The Kier molecular flexibility index (Phi) is 10.4. The smallest absolute Gasteiger partial charge is 0.194 e. The molecular weight excluding hydrogens is 402 g/mol. The minimum absolute atomic E-state index is 0.337. The van der Waals surface area contributed by atoms with Crippen LogP contribution in [0.25, 0.3) is 0 Å². The number of benzene rings is 2. The molecule has 0 unspecified atom stereocenters. The van der Waals surface area contributed by atoms with Gasteiger partial charge in [0.2, 0.25) is 0 Å².